The van der Waals surface area contributed by atoms with Crippen LogP contribution >= 0.6 is 11.6 Å². The predicted octanol–water partition coefficient (Wildman–Crippen LogP) is 3.79. The third-order valence-corrected chi connectivity index (χ3v) is 3.92. The van der Waals surface area contributed by atoms with Crippen LogP contribution in [0.25, 0.3) is 0 Å². The van der Waals surface area contributed by atoms with E-state index in [2.05, 4.69) is 5.32 Å². The molecule has 2 aromatic rings. The number of rotatable bonds is 2. The van der Waals surface area contributed by atoms with E-state index < -0.39 is 5.38 Å². The number of fused-ring (bicyclic) bond motifs is 1. The number of ether oxygens (including phenoxy) is 1. The number of aryl methyl sites for hydroxylation is 1. The third kappa shape index (κ3) is 2.72. The number of anilines is 1. The first-order chi connectivity index (χ1) is 10.0. The van der Waals surface area contributed by atoms with E-state index in [1.807, 2.05) is 6.07 Å². The molecule has 0 radical (unpaired) electrons. The predicted molar refractivity (Wildman–Crippen MR) is 79.4 cm³/mol. The van der Waals surface area contributed by atoms with Crippen molar-refractivity contribution in [1.82, 2.24) is 0 Å². The maximum absolute atomic E-state index is 13.6. The van der Waals surface area contributed by atoms with Crippen molar-refractivity contribution >= 4 is 23.2 Å². The number of alkyl halides is 1. The smallest absolute Gasteiger partial charge is 0.262 e. The molecule has 0 saturated carbocycles. The standard InChI is InChI=1S/C16H13ClFNO2/c1-9-2-3-10(6-12(9)18)16(17)11-4-5-14-13(7-11)19-15(20)8-21-14/h2-7,16H,8H2,1H3,(H,19,20). The van der Waals surface area contributed by atoms with Crippen LogP contribution in [0.1, 0.15) is 22.1 Å². The SMILES string of the molecule is Cc1ccc(C(Cl)c2ccc3c(c2)NC(=O)CO3)cc1F. The van der Waals surface area contributed by atoms with Crippen molar-refractivity contribution in [1.29, 1.82) is 0 Å². The molecule has 1 aliphatic heterocycles. The van der Waals surface area contributed by atoms with Gasteiger partial charge in [0.05, 0.1) is 11.1 Å². The normalized spacial score (nSPS) is 14.9. The fourth-order valence-corrected chi connectivity index (χ4v) is 2.49. The molecule has 21 heavy (non-hydrogen) atoms. The monoisotopic (exact) mass is 305 g/mol. The molecule has 0 aromatic heterocycles. The van der Waals surface area contributed by atoms with Gasteiger partial charge in [0, 0.05) is 0 Å². The Hall–Kier alpha value is -2.07. The molecule has 1 N–H and O–H groups in total. The molecule has 1 heterocycles. The maximum atomic E-state index is 13.6. The minimum Gasteiger partial charge on any atom is -0.482 e. The van der Waals surface area contributed by atoms with E-state index in [1.165, 1.54) is 6.07 Å². The molecule has 108 valence electrons. The molecular formula is C16H13ClFNO2. The van der Waals surface area contributed by atoms with Gasteiger partial charge < -0.3 is 10.1 Å². The zero-order valence-electron chi connectivity index (χ0n) is 11.3. The number of carbonyl (C=O) groups excluding carboxylic acids is 1. The van der Waals surface area contributed by atoms with Gasteiger partial charge in [0.1, 0.15) is 11.6 Å². The van der Waals surface area contributed by atoms with Gasteiger partial charge in [-0.1, -0.05) is 18.2 Å². The lowest BCUT2D eigenvalue weighted by Crippen LogP contribution is -2.25. The van der Waals surface area contributed by atoms with E-state index in [-0.39, 0.29) is 18.3 Å². The molecule has 1 amide bonds. The van der Waals surface area contributed by atoms with E-state index in [9.17, 15) is 9.18 Å². The van der Waals surface area contributed by atoms with E-state index in [0.717, 1.165) is 5.56 Å². The number of benzene rings is 2. The highest BCUT2D eigenvalue weighted by Crippen LogP contribution is 2.35. The second-order valence-electron chi connectivity index (χ2n) is 4.96. The van der Waals surface area contributed by atoms with E-state index in [4.69, 9.17) is 16.3 Å². The first kappa shape index (κ1) is 13.9. The Morgan fingerprint density at radius 3 is 2.71 bits per heavy atom. The molecule has 0 spiro atoms. The van der Waals surface area contributed by atoms with Crippen LogP contribution in [0.15, 0.2) is 36.4 Å². The summed E-state index contributed by atoms with van der Waals surface area (Å²) in [7, 11) is 0. The molecule has 3 nitrogen and oxygen atoms in total. The molecule has 1 atom stereocenters. The zero-order chi connectivity index (χ0) is 15.0. The van der Waals surface area contributed by atoms with E-state index >= 15 is 0 Å². The summed E-state index contributed by atoms with van der Waals surface area (Å²) in [5, 5.41) is 2.23. The molecule has 0 bridgehead atoms. The minimum absolute atomic E-state index is 0.0137. The van der Waals surface area contributed by atoms with Crippen LogP contribution in [0.2, 0.25) is 0 Å². The Morgan fingerprint density at radius 2 is 1.95 bits per heavy atom. The number of carbonyl (C=O) groups is 1. The van der Waals surface area contributed by atoms with Crippen molar-refractivity contribution in [2.75, 3.05) is 11.9 Å². The van der Waals surface area contributed by atoms with Crippen LogP contribution < -0.4 is 10.1 Å². The summed E-state index contributed by atoms with van der Waals surface area (Å²) >= 11 is 6.41. The van der Waals surface area contributed by atoms with Gasteiger partial charge in [-0.2, -0.15) is 0 Å². The summed E-state index contributed by atoms with van der Waals surface area (Å²) in [6.07, 6.45) is 0. The molecule has 0 saturated heterocycles. The van der Waals surface area contributed by atoms with Gasteiger partial charge in [-0.3, -0.25) is 4.79 Å². The lowest BCUT2D eigenvalue weighted by molar-refractivity contribution is -0.118. The van der Waals surface area contributed by atoms with Crippen LogP contribution in [0.4, 0.5) is 10.1 Å². The first-order valence-corrected chi connectivity index (χ1v) is 6.95. The zero-order valence-corrected chi connectivity index (χ0v) is 12.1. The lowest BCUT2D eigenvalue weighted by Gasteiger charge is -2.20. The van der Waals surface area contributed by atoms with Gasteiger partial charge in [-0.15, -0.1) is 11.6 Å². The summed E-state index contributed by atoms with van der Waals surface area (Å²) < 4.78 is 18.9. The van der Waals surface area contributed by atoms with Gasteiger partial charge in [-0.25, -0.2) is 4.39 Å². The van der Waals surface area contributed by atoms with Gasteiger partial charge in [0.15, 0.2) is 6.61 Å². The Bertz CT molecular complexity index is 717. The quantitative estimate of drug-likeness (QED) is 0.857. The Labute approximate surface area is 126 Å². The van der Waals surface area contributed by atoms with Gasteiger partial charge in [-0.05, 0) is 41.8 Å². The van der Waals surface area contributed by atoms with Crippen molar-refractivity contribution in [3.8, 4) is 5.75 Å². The Balaban J connectivity index is 1.94. The summed E-state index contributed by atoms with van der Waals surface area (Å²) in [6.45, 7) is 1.72. The largest absolute Gasteiger partial charge is 0.482 e. The molecular weight excluding hydrogens is 293 g/mol. The summed E-state index contributed by atoms with van der Waals surface area (Å²) in [5.74, 6) is 0.122. The fourth-order valence-electron chi connectivity index (χ4n) is 2.22. The minimum atomic E-state index is -0.496. The first-order valence-electron chi connectivity index (χ1n) is 6.51. The van der Waals surface area contributed by atoms with Crippen molar-refractivity contribution in [3.63, 3.8) is 0 Å². The number of hydrogen-bond acceptors (Lipinski definition) is 2. The van der Waals surface area contributed by atoms with E-state index in [1.54, 1.807) is 31.2 Å². The van der Waals surface area contributed by atoms with Crippen molar-refractivity contribution in [3.05, 3.63) is 58.9 Å². The topological polar surface area (TPSA) is 38.3 Å². The number of amides is 1. The summed E-state index contributed by atoms with van der Waals surface area (Å²) in [6, 6.07) is 10.2. The fraction of sp³-hybridized carbons (Fsp3) is 0.188. The molecule has 0 fully saturated rings. The molecule has 0 aliphatic carbocycles. The lowest BCUT2D eigenvalue weighted by atomic mass is 10.0. The summed E-state index contributed by atoms with van der Waals surface area (Å²) in [4.78, 5) is 11.3. The number of hydrogen-bond donors (Lipinski definition) is 1. The van der Waals surface area contributed by atoms with Crippen molar-refractivity contribution in [2.45, 2.75) is 12.3 Å². The number of nitrogens with one attached hydrogen (secondary N) is 1. The summed E-state index contributed by atoms with van der Waals surface area (Å²) in [5.41, 5.74) is 2.60. The van der Waals surface area contributed by atoms with Crippen LogP contribution in [0.5, 0.6) is 5.75 Å². The second kappa shape index (κ2) is 5.37. The maximum Gasteiger partial charge on any atom is 0.262 e. The highest BCUT2D eigenvalue weighted by Gasteiger charge is 2.19. The van der Waals surface area contributed by atoms with Crippen LogP contribution in [0.3, 0.4) is 0 Å². The third-order valence-electron chi connectivity index (χ3n) is 3.42. The molecule has 1 unspecified atom stereocenters. The average molecular weight is 306 g/mol. The van der Waals surface area contributed by atoms with Gasteiger partial charge in [0.2, 0.25) is 0 Å². The molecule has 1 aliphatic rings. The molecule has 3 rings (SSSR count). The highest BCUT2D eigenvalue weighted by molar-refractivity contribution is 6.22. The van der Waals surface area contributed by atoms with Crippen LogP contribution in [0, 0.1) is 12.7 Å². The Kier molecular flexibility index (Phi) is 3.55. The molecule has 2 aromatic carbocycles. The number of halogens is 2. The van der Waals surface area contributed by atoms with Gasteiger partial charge >= 0.3 is 0 Å². The second-order valence-corrected chi connectivity index (χ2v) is 5.40. The van der Waals surface area contributed by atoms with Crippen LogP contribution in [-0.2, 0) is 4.79 Å². The Morgan fingerprint density at radius 1 is 1.24 bits per heavy atom. The van der Waals surface area contributed by atoms with Crippen molar-refractivity contribution < 1.29 is 13.9 Å². The van der Waals surface area contributed by atoms with E-state index in [0.29, 0.717) is 22.6 Å². The van der Waals surface area contributed by atoms with Gasteiger partial charge in [0.25, 0.3) is 5.91 Å². The highest BCUT2D eigenvalue weighted by atomic mass is 35.5. The average Bonchev–Trinajstić information content (AvgIpc) is 2.48. The van der Waals surface area contributed by atoms with Crippen LogP contribution in [-0.4, -0.2) is 12.5 Å². The molecule has 5 heteroatoms. The van der Waals surface area contributed by atoms with Crippen molar-refractivity contribution in [2.24, 2.45) is 0 Å².